The van der Waals surface area contributed by atoms with Crippen molar-refractivity contribution in [2.45, 2.75) is 25.8 Å². The van der Waals surface area contributed by atoms with Crippen molar-refractivity contribution in [3.63, 3.8) is 0 Å². The Hall–Kier alpha value is -2.15. The number of rotatable bonds is 2. The van der Waals surface area contributed by atoms with Gasteiger partial charge in [0.2, 0.25) is 5.95 Å². The summed E-state index contributed by atoms with van der Waals surface area (Å²) in [6.07, 6.45) is 4.35. The molecule has 4 heterocycles. The van der Waals surface area contributed by atoms with Crippen LogP contribution in [0.1, 0.15) is 18.4 Å². The van der Waals surface area contributed by atoms with Crippen LogP contribution in [0.4, 0.5) is 11.8 Å². The zero-order valence-corrected chi connectivity index (χ0v) is 12.7. The van der Waals surface area contributed by atoms with Crippen LogP contribution in [0.15, 0.2) is 12.3 Å². The van der Waals surface area contributed by atoms with E-state index in [2.05, 4.69) is 30.4 Å². The van der Waals surface area contributed by atoms with Crippen LogP contribution >= 0.6 is 0 Å². The van der Waals surface area contributed by atoms with Gasteiger partial charge in [-0.15, -0.1) is 0 Å². The predicted octanol–water partition coefficient (Wildman–Crippen LogP) is 0.946. The minimum absolute atomic E-state index is 0.310. The number of fused-ring (bicyclic) bond motifs is 1. The molecule has 0 aromatic carbocycles. The van der Waals surface area contributed by atoms with Gasteiger partial charge in [0, 0.05) is 25.2 Å². The topological polar surface area (TPSA) is 95.8 Å². The van der Waals surface area contributed by atoms with Gasteiger partial charge in [-0.3, -0.25) is 5.10 Å². The van der Waals surface area contributed by atoms with Gasteiger partial charge >= 0.3 is 0 Å². The first-order valence-corrected chi connectivity index (χ1v) is 7.84. The fourth-order valence-corrected chi connectivity index (χ4v) is 3.58. The third-order valence-corrected chi connectivity index (χ3v) is 4.74. The van der Waals surface area contributed by atoms with Gasteiger partial charge in [-0.2, -0.15) is 10.1 Å². The maximum absolute atomic E-state index is 5.93. The molecule has 7 heteroatoms. The highest BCUT2D eigenvalue weighted by atomic mass is 15.3. The second-order valence-electron chi connectivity index (χ2n) is 6.27. The van der Waals surface area contributed by atoms with Crippen molar-refractivity contribution < 1.29 is 0 Å². The summed E-state index contributed by atoms with van der Waals surface area (Å²) in [6, 6.07) is 2.58. The van der Waals surface area contributed by atoms with Crippen molar-refractivity contribution in [3.8, 4) is 11.4 Å². The summed E-state index contributed by atoms with van der Waals surface area (Å²) in [5.74, 6) is 1.93. The average Bonchev–Trinajstić information content (AvgIpc) is 3.12. The highest BCUT2D eigenvalue weighted by Gasteiger charge is 2.35. The number of nitrogens with two attached hydrogens (primary N) is 1. The fourth-order valence-electron chi connectivity index (χ4n) is 3.58. The van der Waals surface area contributed by atoms with Crippen LogP contribution in [0.3, 0.4) is 0 Å². The lowest BCUT2D eigenvalue weighted by molar-refractivity contribution is 0.340. The molecule has 4 rings (SSSR count). The number of nitrogens with one attached hydrogen (secondary N) is 2. The minimum atomic E-state index is 0.310. The first kappa shape index (κ1) is 13.5. The van der Waals surface area contributed by atoms with Crippen molar-refractivity contribution in [2.75, 3.05) is 30.3 Å². The Kier molecular flexibility index (Phi) is 3.22. The van der Waals surface area contributed by atoms with Crippen molar-refractivity contribution in [3.05, 3.63) is 17.8 Å². The largest absolute Gasteiger partial charge is 0.368 e. The van der Waals surface area contributed by atoms with Crippen LogP contribution in [-0.4, -0.2) is 45.8 Å². The highest BCUT2D eigenvalue weighted by molar-refractivity contribution is 5.63. The molecule has 0 unspecified atom stereocenters. The van der Waals surface area contributed by atoms with E-state index in [-0.39, 0.29) is 0 Å². The molecule has 0 spiro atoms. The first-order valence-electron chi connectivity index (χ1n) is 7.84. The smallest absolute Gasteiger partial charge is 0.222 e. The van der Waals surface area contributed by atoms with Gasteiger partial charge in [-0.25, -0.2) is 4.98 Å². The quantitative estimate of drug-likeness (QED) is 0.764. The van der Waals surface area contributed by atoms with E-state index in [1.807, 2.05) is 13.0 Å². The molecule has 2 fully saturated rings. The van der Waals surface area contributed by atoms with Gasteiger partial charge in [-0.05, 0) is 37.8 Å². The minimum Gasteiger partial charge on any atom is -0.368 e. The molecule has 116 valence electrons. The monoisotopic (exact) mass is 299 g/mol. The zero-order chi connectivity index (χ0) is 15.1. The summed E-state index contributed by atoms with van der Waals surface area (Å²) < 4.78 is 0. The van der Waals surface area contributed by atoms with Crippen LogP contribution in [0.2, 0.25) is 0 Å². The van der Waals surface area contributed by atoms with Gasteiger partial charge in [0.1, 0.15) is 5.82 Å². The molecule has 2 atom stereocenters. The van der Waals surface area contributed by atoms with E-state index in [1.165, 1.54) is 12.8 Å². The Balaban J connectivity index is 1.65. The molecule has 0 radical (unpaired) electrons. The maximum atomic E-state index is 5.93. The Morgan fingerprint density at radius 1 is 1.32 bits per heavy atom. The van der Waals surface area contributed by atoms with Crippen LogP contribution < -0.4 is 16.0 Å². The molecule has 0 saturated carbocycles. The second kappa shape index (κ2) is 5.24. The van der Waals surface area contributed by atoms with Crippen LogP contribution in [-0.2, 0) is 0 Å². The van der Waals surface area contributed by atoms with Gasteiger partial charge in [0.05, 0.1) is 17.6 Å². The number of nitrogens with zero attached hydrogens (tertiary/aromatic N) is 4. The van der Waals surface area contributed by atoms with Gasteiger partial charge in [0.15, 0.2) is 0 Å². The van der Waals surface area contributed by atoms with E-state index in [1.54, 1.807) is 6.20 Å². The normalized spacial score (nSPS) is 24.5. The standard InChI is InChI=1S/C15H21N7/c1-9-6-18-21-14(9)11-5-13(20-15(16)19-11)22-7-10-3-2-4-17-12(10)8-22/h5-6,10,12,17H,2-4,7-8H2,1H3,(H,18,21)(H2,16,19,20)/t10-,12+/m1/s1. The van der Waals surface area contributed by atoms with E-state index < -0.39 is 0 Å². The number of nitrogen functional groups attached to an aromatic ring is 1. The van der Waals surface area contributed by atoms with Crippen molar-refractivity contribution in [2.24, 2.45) is 5.92 Å². The van der Waals surface area contributed by atoms with Crippen LogP contribution in [0.5, 0.6) is 0 Å². The SMILES string of the molecule is Cc1cn[nH]c1-c1cc(N2C[C@H]3CCCN[C@H]3C2)nc(N)n1. The second-order valence-corrected chi connectivity index (χ2v) is 6.27. The van der Waals surface area contributed by atoms with Crippen LogP contribution in [0, 0.1) is 12.8 Å². The number of aryl methyl sites for hydroxylation is 1. The van der Waals surface area contributed by atoms with Crippen LogP contribution in [0.25, 0.3) is 11.4 Å². The fraction of sp³-hybridized carbons (Fsp3) is 0.533. The number of aromatic amines is 1. The predicted molar refractivity (Wildman–Crippen MR) is 85.5 cm³/mol. The summed E-state index contributed by atoms with van der Waals surface area (Å²) in [5, 5.41) is 10.7. The summed E-state index contributed by atoms with van der Waals surface area (Å²) in [5.41, 5.74) is 8.70. The summed E-state index contributed by atoms with van der Waals surface area (Å²) in [6.45, 7) is 5.16. The maximum Gasteiger partial charge on any atom is 0.222 e. The number of piperidine rings is 1. The Morgan fingerprint density at radius 3 is 3.00 bits per heavy atom. The molecule has 0 bridgehead atoms. The Labute approximate surface area is 129 Å². The molecule has 2 aliphatic rings. The third-order valence-electron chi connectivity index (χ3n) is 4.74. The van der Waals surface area contributed by atoms with E-state index in [4.69, 9.17) is 5.73 Å². The van der Waals surface area contributed by atoms with E-state index >= 15 is 0 Å². The molecule has 2 aromatic rings. The highest BCUT2D eigenvalue weighted by Crippen LogP contribution is 2.30. The van der Waals surface area contributed by atoms with Crippen molar-refractivity contribution in [1.82, 2.24) is 25.5 Å². The summed E-state index contributed by atoms with van der Waals surface area (Å²) >= 11 is 0. The Morgan fingerprint density at radius 2 is 2.23 bits per heavy atom. The lowest BCUT2D eigenvalue weighted by Crippen LogP contribution is -2.40. The van der Waals surface area contributed by atoms with Gasteiger partial charge in [0.25, 0.3) is 0 Å². The van der Waals surface area contributed by atoms with E-state index in [9.17, 15) is 0 Å². The lowest BCUT2D eigenvalue weighted by Gasteiger charge is -2.24. The summed E-state index contributed by atoms with van der Waals surface area (Å²) in [7, 11) is 0. The molecule has 2 aromatic heterocycles. The lowest BCUT2D eigenvalue weighted by atomic mass is 9.94. The number of hydrogen-bond donors (Lipinski definition) is 3. The third kappa shape index (κ3) is 2.31. The molecule has 2 saturated heterocycles. The van der Waals surface area contributed by atoms with Crippen molar-refractivity contribution in [1.29, 1.82) is 0 Å². The molecular weight excluding hydrogens is 278 g/mol. The number of hydrogen-bond acceptors (Lipinski definition) is 6. The molecular formula is C15H21N7. The summed E-state index contributed by atoms with van der Waals surface area (Å²) in [4.78, 5) is 11.1. The van der Waals surface area contributed by atoms with Crippen molar-refractivity contribution >= 4 is 11.8 Å². The van der Waals surface area contributed by atoms with Gasteiger partial charge < -0.3 is 16.0 Å². The molecule has 4 N–H and O–H groups in total. The average molecular weight is 299 g/mol. The molecule has 7 nitrogen and oxygen atoms in total. The van der Waals surface area contributed by atoms with E-state index in [0.29, 0.717) is 17.9 Å². The molecule has 22 heavy (non-hydrogen) atoms. The zero-order valence-electron chi connectivity index (χ0n) is 12.7. The molecule has 0 amide bonds. The number of aromatic nitrogens is 4. The Bertz CT molecular complexity index is 666. The van der Waals surface area contributed by atoms with E-state index in [0.717, 1.165) is 42.4 Å². The molecule has 0 aliphatic carbocycles. The first-order chi connectivity index (χ1) is 10.7. The number of anilines is 2. The number of H-pyrrole nitrogens is 1. The molecule has 2 aliphatic heterocycles. The van der Waals surface area contributed by atoms with Gasteiger partial charge in [-0.1, -0.05) is 0 Å².